The van der Waals surface area contributed by atoms with Crippen LogP contribution in [0.2, 0.25) is 0 Å². The summed E-state index contributed by atoms with van der Waals surface area (Å²) in [6, 6.07) is 9.78. The van der Waals surface area contributed by atoms with Gasteiger partial charge < -0.3 is 21.5 Å². The fourth-order valence-corrected chi connectivity index (χ4v) is 3.72. The van der Waals surface area contributed by atoms with E-state index in [1.807, 2.05) is 30.3 Å². The Kier molecular flexibility index (Phi) is 3.11. The highest BCUT2D eigenvalue weighted by Gasteiger charge is 2.50. The van der Waals surface area contributed by atoms with Crippen LogP contribution in [0.15, 0.2) is 36.5 Å². The van der Waals surface area contributed by atoms with E-state index in [2.05, 4.69) is 15.6 Å². The molecule has 0 fully saturated rings. The normalized spacial score (nSPS) is 24.2. The molecule has 1 aromatic heterocycles. The fourth-order valence-electron chi connectivity index (χ4n) is 3.72. The molecular formula is C17H18N4O2. The summed E-state index contributed by atoms with van der Waals surface area (Å²) in [4.78, 5) is 15.8. The summed E-state index contributed by atoms with van der Waals surface area (Å²) in [6.07, 6.45) is 2.52. The first-order chi connectivity index (χ1) is 11.1. The van der Waals surface area contributed by atoms with Crippen molar-refractivity contribution >= 4 is 17.4 Å². The second-order valence-corrected chi connectivity index (χ2v) is 6.19. The first kappa shape index (κ1) is 14.2. The number of amides is 1. The van der Waals surface area contributed by atoms with Crippen molar-refractivity contribution in [3.63, 3.8) is 0 Å². The van der Waals surface area contributed by atoms with E-state index in [4.69, 9.17) is 5.73 Å². The van der Waals surface area contributed by atoms with Gasteiger partial charge in [-0.15, -0.1) is 0 Å². The highest BCUT2D eigenvalue weighted by atomic mass is 16.3. The van der Waals surface area contributed by atoms with Gasteiger partial charge in [0, 0.05) is 17.4 Å². The first-order valence-electron chi connectivity index (χ1n) is 7.64. The number of rotatable bonds is 2. The molecule has 2 aliphatic rings. The molecule has 1 aliphatic heterocycles. The van der Waals surface area contributed by atoms with E-state index < -0.39 is 6.23 Å². The molecule has 2 atom stereocenters. The summed E-state index contributed by atoms with van der Waals surface area (Å²) in [6.45, 7) is -0.0390. The third-order valence-corrected chi connectivity index (χ3v) is 4.83. The van der Waals surface area contributed by atoms with Crippen LogP contribution in [0.25, 0.3) is 0 Å². The van der Waals surface area contributed by atoms with E-state index in [0.717, 1.165) is 29.1 Å². The standard InChI is InChI=1S/C17H18N4O2/c18-9-14(22)20-12-4-3-10-7-17(8-11(10)6-12)13-2-1-5-19-15(13)21-16(17)23/h1-6,16,23H,7-9,18H2,(H,19,21)(H,20,22). The van der Waals surface area contributed by atoms with E-state index in [1.54, 1.807) is 6.20 Å². The van der Waals surface area contributed by atoms with Gasteiger partial charge >= 0.3 is 0 Å². The molecule has 118 valence electrons. The van der Waals surface area contributed by atoms with Crippen molar-refractivity contribution in [3.05, 3.63) is 53.2 Å². The maximum Gasteiger partial charge on any atom is 0.238 e. The van der Waals surface area contributed by atoms with Crippen molar-refractivity contribution in [2.24, 2.45) is 5.73 Å². The van der Waals surface area contributed by atoms with E-state index in [9.17, 15) is 9.90 Å². The van der Waals surface area contributed by atoms with Crippen molar-refractivity contribution in [1.29, 1.82) is 0 Å². The molecule has 1 aromatic carbocycles. The van der Waals surface area contributed by atoms with E-state index >= 15 is 0 Å². The van der Waals surface area contributed by atoms with Gasteiger partial charge in [0.2, 0.25) is 5.91 Å². The lowest BCUT2D eigenvalue weighted by Gasteiger charge is -2.27. The van der Waals surface area contributed by atoms with Crippen molar-refractivity contribution in [2.45, 2.75) is 24.5 Å². The number of nitrogens with zero attached hydrogens (tertiary/aromatic N) is 1. The van der Waals surface area contributed by atoms with E-state index in [0.29, 0.717) is 6.42 Å². The van der Waals surface area contributed by atoms with Gasteiger partial charge in [-0.2, -0.15) is 0 Å². The van der Waals surface area contributed by atoms with Crippen LogP contribution >= 0.6 is 0 Å². The SMILES string of the molecule is NCC(=O)Nc1ccc2c(c1)CC1(C2)c2cccnc2NC1O. The number of aliphatic hydroxyl groups is 1. The van der Waals surface area contributed by atoms with E-state index in [-0.39, 0.29) is 17.9 Å². The maximum atomic E-state index is 11.5. The lowest BCUT2D eigenvalue weighted by Crippen LogP contribution is -2.39. The number of aliphatic hydroxyl groups excluding tert-OH is 1. The zero-order valence-corrected chi connectivity index (χ0v) is 12.5. The molecule has 0 bridgehead atoms. The van der Waals surface area contributed by atoms with Crippen molar-refractivity contribution < 1.29 is 9.90 Å². The summed E-state index contributed by atoms with van der Waals surface area (Å²) in [5.74, 6) is 0.541. The predicted octanol–water partition coefficient (Wildman–Crippen LogP) is 0.759. The van der Waals surface area contributed by atoms with Crippen LogP contribution in [0, 0.1) is 0 Å². The molecule has 1 spiro atoms. The van der Waals surface area contributed by atoms with Gasteiger partial charge in [0.05, 0.1) is 12.0 Å². The van der Waals surface area contributed by atoms with Crippen molar-refractivity contribution in [3.8, 4) is 0 Å². The maximum absolute atomic E-state index is 11.5. The largest absolute Gasteiger partial charge is 0.373 e. The van der Waals surface area contributed by atoms with Gasteiger partial charge in [0.15, 0.2) is 0 Å². The summed E-state index contributed by atoms with van der Waals surface area (Å²) in [5, 5.41) is 16.4. The Morgan fingerprint density at radius 2 is 2.22 bits per heavy atom. The summed E-state index contributed by atoms with van der Waals surface area (Å²) in [7, 11) is 0. The number of fused-ring (bicyclic) bond motifs is 3. The van der Waals surface area contributed by atoms with Crippen LogP contribution in [0.5, 0.6) is 0 Å². The van der Waals surface area contributed by atoms with Gasteiger partial charge in [0.25, 0.3) is 0 Å². The molecule has 0 radical (unpaired) electrons. The molecule has 5 N–H and O–H groups in total. The Morgan fingerprint density at radius 3 is 3.04 bits per heavy atom. The zero-order chi connectivity index (χ0) is 16.0. The minimum atomic E-state index is -0.665. The van der Waals surface area contributed by atoms with Crippen molar-refractivity contribution in [1.82, 2.24) is 4.98 Å². The van der Waals surface area contributed by atoms with Crippen LogP contribution in [0.4, 0.5) is 11.5 Å². The summed E-state index contributed by atoms with van der Waals surface area (Å²) >= 11 is 0. The number of pyridine rings is 1. The fraction of sp³-hybridized carbons (Fsp3) is 0.294. The number of carbonyl (C=O) groups excluding carboxylic acids is 1. The molecule has 4 rings (SSSR count). The molecule has 2 heterocycles. The number of benzene rings is 1. The third kappa shape index (κ3) is 2.10. The quantitative estimate of drug-likeness (QED) is 0.656. The lowest BCUT2D eigenvalue weighted by atomic mass is 9.79. The molecule has 6 heteroatoms. The first-order valence-corrected chi connectivity index (χ1v) is 7.64. The highest BCUT2D eigenvalue weighted by Crippen LogP contribution is 2.48. The van der Waals surface area contributed by atoms with E-state index in [1.165, 1.54) is 5.56 Å². The Labute approximate surface area is 133 Å². The van der Waals surface area contributed by atoms with Gasteiger partial charge in [-0.3, -0.25) is 4.79 Å². The lowest BCUT2D eigenvalue weighted by molar-refractivity contribution is -0.114. The average molecular weight is 310 g/mol. The third-order valence-electron chi connectivity index (χ3n) is 4.83. The topological polar surface area (TPSA) is 100 Å². The van der Waals surface area contributed by atoms with Gasteiger partial charge in [0.1, 0.15) is 12.0 Å². The van der Waals surface area contributed by atoms with Crippen LogP contribution in [-0.2, 0) is 23.1 Å². The number of anilines is 2. The smallest absolute Gasteiger partial charge is 0.238 e. The molecular weight excluding hydrogens is 292 g/mol. The monoisotopic (exact) mass is 310 g/mol. The van der Waals surface area contributed by atoms with Gasteiger partial charge in [-0.25, -0.2) is 4.98 Å². The molecule has 2 aromatic rings. The number of hydrogen-bond donors (Lipinski definition) is 4. The van der Waals surface area contributed by atoms with Crippen LogP contribution in [-0.4, -0.2) is 28.8 Å². The Balaban J connectivity index is 1.69. The second-order valence-electron chi connectivity index (χ2n) is 6.19. The van der Waals surface area contributed by atoms with Gasteiger partial charge in [-0.05, 0) is 42.2 Å². The Bertz CT molecular complexity index is 792. The number of nitrogens with one attached hydrogen (secondary N) is 2. The molecule has 0 saturated carbocycles. The second kappa shape index (κ2) is 5.04. The summed E-state index contributed by atoms with van der Waals surface area (Å²) in [5.41, 5.74) is 9.07. The molecule has 23 heavy (non-hydrogen) atoms. The van der Waals surface area contributed by atoms with Gasteiger partial charge in [-0.1, -0.05) is 12.1 Å². The number of hydrogen-bond acceptors (Lipinski definition) is 5. The van der Waals surface area contributed by atoms with Crippen molar-refractivity contribution in [2.75, 3.05) is 17.2 Å². The minimum absolute atomic E-state index is 0.0390. The Morgan fingerprint density at radius 1 is 1.39 bits per heavy atom. The van der Waals surface area contributed by atoms with Crippen LogP contribution in [0.1, 0.15) is 16.7 Å². The summed E-state index contributed by atoms with van der Waals surface area (Å²) < 4.78 is 0. The highest BCUT2D eigenvalue weighted by molar-refractivity contribution is 5.92. The molecule has 6 nitrogen and oxygen atoms in total. The molecule has 0 saturated heterocycles. The number of carbonyl (C=O) groups is 1. The number of aromatic nitrogens is 1. The minimum Gasteiger partial charge on any atom is -0.373 e. The molecule has 2 unspecified atom stereocenters. The number of nitrogens with two attached hydrogens (primary N) is 1. The average Bonchev–Trinajstić information content (AvgIpc) is 3.06. The predicted molar refractivity (Wildman–Crippen MR) is 87.1 cm³/mol. The van der Waals surface area contributed by atoms with Crippen LogP contribution < -0.4 is 16.4 Å². The molecule has 1 amide bonds. The molecule has 1 aliphatic carbocycles. The Hall–Kier alpha value is -2.44. The van der Waals surface area contributed by atoms with Crippen LogP contribution in [0.3, 0.4) is 0 Å². The zero-order valence-electron chi connectivity index (χ0n) is 12.5.